The molecule has 0 amide bonds. The molecular weight excluding hydrogens is 104 g/mol. The van der Waals surface area contributed by atoms with Crippen LogP contribution in [-0.4, -0.2) is 19.5 Å². The molecule has 0 N–H and O–H groups in total. The van der Waals surface area contributed by atoms with Gasteiger partial charge in [-0.2, -0.15) is 0 Å². The molecule has 0 unspecified atom stereocenters. The maximum absolute atomic E-state index is 10.1. The smallest absolute Gasteiger partial charge is 0.132 e. The number of ketones is 1. The first-order valence-electron chi connectivity index (χ1n) is 2.25. The van der Waals surface area contributed by atoms with E-state index in [9.17, 15) is 4.79 Å². The molecule has 0 radical (unpaired) electrons. The van der Waals surface area contributed by atoms with Crippen molar-refractivity contribution in [3.63, 3.8) is 0 Å². The Morgan fingerprint density at radius 3 is 2.25 bits per heavy atom. The first-order valence-corrected chi connectivity index (χ1v) is 2.25. The van der Waals surface area contributed by atoms with Gasteiger partial charge < -0.3 is 4.74 Å². The summed E-state index contributed by atoms with van der Waals surface area (Å²) < 4.78 is 4.63. The Morgan fingerprint density at radius 1 is 1.62 bits per heavy atom. The summed E-state index contributed by atoms with van der Waals surface area (Å²) in [6, 6.07) is 0. The first-order chi connectivity index (χ1) is 3.27. The monoisotopic (exact) mass is 118 g/mol. The van der Waals surface area contributed by atoms with Crippen molar-refractivity contribution in [2.75, 3.05) is 13.7 Å². The fourth-order valence-electron chi connectivity index (χ4n) is 0.246. The molecule has 0 aliphatic carbocycles. The minimum absolute atomic E-state index is 0. The Balaban J connectivity index is 0. The van der Waals surface area contributed by atoms with Gasteiger partial charge in [-0.3, -0.25) is 4.79 Å². The molecule has 0 aliphatic rings. The molecule has 0 atom stereocenters. The number of ether oxygens (including phenoxy) is 1. The van der Waals surface area contributed by atoms with E-state index in [0.717, 1.165) is 0 Å². The summed E-state index contributed by atoms with van der Waals surface area (Å²) >= 11 is 0. The quantitative estimate of drug-likeness (QED) is 0.557. The van der Waals surface area contributed by atoms with Crippen LogP contribution in [0.5, 0.6) is 0 Å². The molecule has 0 aromatic rings. The fourth-order valence-corrected chi connectivity index (χ4v) is 0.246. The van der Waals surface area contributed by atoms with Crippen LogP contribution in [0.2, 0.25) is 0 Å². The zero-order chi connectivity index (χ0) is 5.70. The number of Topliss-reactive ketones (excluding diaryl/α,β-unsaturated/α-hetero) is 1. The van der Waals surface area contributed by atoms with Crippen molar-refractivity contribution in [3.05, 3.63) is 0 Å². The topological polar surface area (TPSA) is 26.3 Å². The normalized spacial score (nSPS) is 7.75. The molecule has 0 heterocycles. The number of carbonyl (C=O) groups is 1. The Morgan fingerprint density at radius 2 is 2.12 bits per heavy atom. The van der Waals surface area contributed by atoms with Gasteiger partial charge in [0.25, 0.3) is 0 Å². The van der Waals surface area contributed by atoms with Crippen LogP contribution in [-0.2, 0) is 9.53 Å². The maximum Gasteiger partial charge on any atom is 0.132 e. The average molecular weight is 118 g/mol. The highest BCUT2D eigenvalue weighted by Crippen LogP contribution is 1.79. The highest BCUT2D eigenvalue weighted by atomic mass is 16.5. The molecule has 0 spiro atoms. The van der Waals surface area contributed by atoms with Crippen molar-refractivity contribution >= 4 is 5.78 Å². The van der Waals surface area contributed by atoms with Gasteiger partial charge in [-0.1, -0.05) is 7.43 Å². The van der Waals surface area contributed by atoms with Crippen molar-refractivity contribution in [3.8, 4) is 0 Å². The number of hydrogen-bond donors (Lipinski definition) is 0. The molecule has 0 fully saturated rings. The lowest BCUT2D eigenvalue weighted by Gasteiger charge is -1.89. The summed E-state index contributed by atoms with van der Waals surface area (Å²) in [5.41, 5.74) is 0. The third-order valence-electron chi connectivity index (χ3n) is 0.658. The Labute approximate surface area is 50.8 Å². The largest absolute Gasteiger partial charge is 0.384 e. The average Bonchev–Trinajstić information content (AvgIpc) is 1.61. The Bertz CT molecular complexity index is 59.5. The molecular formula is C6H14O2. The summed E-state index contributed by atoms with van der Waals surface area (Å²) in [5, 5.41) is 0. The zero-order valence-corrected chi connectivity index (χ0v) is 4.73. The first kappa shape index (κ1) is 10.6. The van der Waals surface area contributed by atoms with Crippen LogP contribution >= 0.6 is 0 Å². The summed E-state index contributed by atoms with van der Waals surface area (Å²) in [6.45, 7) is 2.11. The zero-order valence-electron chi connectivity index (χ0n) is 4.73. The highest BCUT2D eigenvalue weighted by molar-refractivity contribution is 5.75. The van der Waals surface area contributed by atoms with E-state index in [-0.39, 0.29) is 13.2 Å². The standard InChI is InChI=1S/C5H10O2.CH4/c1-5(6)3-4-7-2;/h3-4H2,1-2H3;1H4. The van der Waals surface area contributed by atoms with E-state index in [0.29, 0.717) is 13.0 Å². The molecule has 8 heavy (non-hydrogen) atoms. The lowest BCUT2D eigenvalue weighted by molar-refractivity contribution is -0.117. The molecule has 0 bridgehead atoms. The van der Waals surface area contributed by atoms with Crippen LogP contribution in [0.3, 0.4) is 0 Å². The van der Waals surface area contributed by atoms with E-state index in [1.54, 1.807) is 14.0 Å². The Hall–Kier alpha value is -0.370. The molecule has 0 aliphatic heterocycles. The second kappa shape index (κ2) is 6.63. The van der Waals surface area contributed by atoms with Crippen LogP contribution in [0.4, 0.5) is 0 Å². The van der Waals surface area contributed by atoms with Crippen LogP contribution in [0.15, 0.2) is 0 Å². The predicted octanol–water partition coefficient (Wildman–Crippen LogP) is 1.25. The van der Waals surface area contributed by atoms with Crippen LogP contribution in [0, 0.1) is 0 Å². The van der Waals surface area contributed by atoms with Crippen molar-refractivity contribution in [2.45, 2.75) is 20.8 Å². The SMILES string of the molecule is C.COCCC(C)=O. The van der Waals surface area contributed by atoms with Crippen LogP contribution in [0.1, 0.15) is 20.8 Å². The van der Waals surface area contributed by atoms with Gasteiger partial charge >= 0.3 is 0 Å². The summed E-state index contributed by atoms with van der Waals surface area (Å²) in [6.07, 6.45) is 0.538. The van der Waals surface area contributed by atoms with Gasteiger partial charge in [0, 0.05) is 13.5 Å². The molecule has 0 rings (SSSR count). The maximum atomic E-state index is 10.1. The van der Waals surface area contributed by atoms with Gasteiger partial charge in [0.15, 0.2) is 0 Å². The van der Waals surface area contributed by atoms with E-state index in [4.69, 9.17) is 0 Å². The molecule has 2 nitrogen and oxygen atoms in total. The molecule has 0 saturated carbocycles. The van der Waals surface area contributed by atoms with E-state index in [2.05, 4.69) is 4.74 Å². The summed E-state index contributed by atoms with van der Waals surface area (Å²) in [5.74, 6) is 0.182. The predicted molar refractivity (Wildman–Crippen MR) is 33.9 cm³/mol. The van der Waals surface area contributed by atoms with Crippen molar-refractivity contribution in [1.29, 1.82) is 0 Å². The second-order valence-corrected chi connectivity index (χ2v) is 1.44. The van der Waals surface area contributed by atoms with Crippen molar-refractivity contribution in [1.82, 2.24) is 0 Å². The van der Waals surface area contributed by atoms with Gasteiger partial charge in [-0.25, -0.2) is 0 Å². The van der Waals surface area contributed by atoms with E-state index in [1.165, 1.54) is 0 Å². The lowest BCUT2D eigenvalue weighted by Crippen LogP contribution is -1.95. The van der Waals surface area contributed by atoms with Gasteiger partial charge in [0.05, 0.1) is 6.61 Å². The van der Waals surface area contributed by atoms with Crippen molar-refractivity contribution < 1.29 is 9.53 Å². The van der Waals surface area contributed by atoms with Gasteiger partial charge in [0.2, 0.25) is 0 Å². The molecule has 0 aromatic carbocycles. The summed E-state index contributed by atoms with van der Waals surface area (Å²) in [4.78, 5) is 10.1. The van der Waals surface area contributed by atoms with Crippen LogP contribution < -0.4 is 0 Å². The second-order valence-electron chi connectivity index (χ2n) is 1.44. The number of carbonyl (C=O) groups excluding carboxylic acids is 1. The summed E-state index contributed by atoms with van der Waals surface area (Å²) in [7, 11) is 1.59. The number of rotatable bonds is 3. The highest BCUT2D eigenvalue weighted by Gasteiger charge is 1.87. The van der Waals surface area contributed by atoms with Gasteiger partial charge in [-0.05, 0) is 6.92 Å². The van der Waals surface area contributed by atoms with Gasteiger partial charge in [-0.15, -0.1) is 0 Å². The number of methoxy groups -OCH3 is 1. The molecule has 50 valence electrons. The number of hydrogen-bond acceptors (Lipinski definition) is 2. The molecule has 0 saturated heterocycles. The van der Waals surface area contributed by atoms with Crippen LogP contribution in [0.25, 0.3) is 0 Å². The third kappa shape index (κ3) is 9.16. The third-order valence-corrected chi connectivity index (χ3v) is 0.658. The van der Waals surface area contributed by atoms with Crippen molar-refractivity contribution in [2.24, 2.45) is 0 Å². The van der Waals surface area contributed by atoms with E-state index >= 15 is 0 Å². The van der Waals surface area contributed by atoms with Gasteiger partial charge in [0.1, 0.15) is 5.78 Å². The minimum atomic E-state index is 0. The molecule has 0 aromatic heterocycles. The van der Waals surface area contributed by atoms with E-state index in [1.807, 2.05) is 0 Å². The van der Waals surface area contributed by atoms with E-state index < -0.39 is 0 Å². The Kier molecular flexibility index (Phi) is 8.77. The fraction of sp³-hybridized carbons (Fsp3) is 0.833. The molecule has 2 heteroatoms. The lowest BCUT2D eigenvalue weighted by atomic mass is 10.3. The minimum Gasteiger partial charge on any atom is -0.384 e.